The zero-order valence-electron chi connectivity index (χ0n) is 13.5. The van der Waals surface area contributed by atoms with Crippen LogP contribution in [0.5, 0.6) is 0 Å². The lowest BCUT2D eigenvalue weighted by molar-refractivity contribution is 0.517. The number of sulfonamides is 1. The smallest absolute Gasteiger partial charge is 0.240 e. The van der Waals surface area contributed by atoms with Gasteiger partial charge in [-0.3, -0.25) is 0 Å². The van der Waals surface area contributed by atoms with Crippen molar-refractivity contribution >= 4 is 10.0 Å². The highest BCUT2D eigenvalue weighted by Crippen LogP contribution is 2.20. The largest absolute Gasteiger partial charge is 0.310 e. The summed E-state index contributed by atoms with van der Waals surface area (Å²) in [5.74, 6) is 0. The Morgan fingerprint density at radius 1 is 1.14 bits per heavy atom. The van der Waals surface area contributed by atoms with Crippen LogP contribution in [0.25, 0.3) is 0 Å². The number of hydrogen-bond acceptors (Lipinski definition) is 3. The molecule has 0 amide bonds. The molecule has 0 spiro atoms. The van der Waals surface area contributed by atoms with Gasteiger partial charge >= 0.3 is 0 Å². The summed E-state index contributed by atoms with van der Waals surface area (Å²) in [5, 5.41) is 3.45. The van der Waals surface area contributed by atoms with E-state index in [0.717, 1.165) is 31.4 Å². The fraction of sp³-hybridized carbons (Fsp3) is 0.625. The van der Waals surface area contributed by atoms with Crippen molar-refractivity contribution in [3.05, 3.63) is 29.8 Å². The topological polar surface area (TPSA) is 58.2 Å². The fourth-order valence-electron chi connectivity index (χ4n) is 2.13. The predicted molar refractivity (Wildman–Crippen MR) is 87.8 cm³/mol. The molecule has 0 radical (unpaired) electrons. The van der Waals surface area contributed by atoms with Crippen molar-refractivity contribution in [2.75, 3.05) is 6.54 Å². The average molecular weight is 312 g/mol. The predicted octanol–water partition coefficient (Wildman–Crippen LogP) is 3.21. The maximum atomic E-state index is 12.3. The normalized spacial score (nSPS) is 14.9. The molecule has 21 heavy (non-hydrogen) atoms. The Morgan fingerprint density at radius 2 is 1.86 bits per heavy atom. The molecule has 0 aliphatic carbocycles. The molecule has 0 heterocycles. The Morgan fingerprint density at radius 3 is 2.43 bits per heavy atom. The molecule has 1 aromatic rings. The standard InChI is InChI=1S/C16H28N2O2S/c1-5-11-17-16(7-3)14-9-8-10-15(12-14)21(19,20)18-13(4)6-2/h8-10,12-13,16-18H,5-7,11H2,1-4H3. The van der Waals surface area contributed by atoms with Gasteiger partial charge in [0.2, 0.25) is 10.0 Å². The quantitative estimate of drug-likeness (QED) is 0.736. The van der Waals surface area contributed by atoms with Crippen molar-refractivity contribution in [3.8, 4) is 0 Å². The second kappa shape index (κ2) is 8.51. The molecule has 4 nitrogen and oxygen atoms in total. The summed E-state index contributed by atoms with van der Waals surface area (Å²) in [6, 6.07) is 7.38. The third-order valence-electron chi connectivity index (χ3n) is 3.59. The van der Waals surface area contributed by atoms with E-state index in [1.165, 1.54) is 0 Å². The van der Waals surface area contributed by atoms with E-state index in [0.29, 0.717) is 4.90 Å². The van der Waals surface area contributed by atoms with Crippen molar-refractivity contribution in [2.24, 2.45) is 0 Å². The molecule has 0 bridgehead atoms. The molecule has 2 unspecified atom stereocenters. The van der Waals surface area contributed by atoms with Gasteiger partial charge in [0.15, 0.2) is 0 Å². The highest BCUT2D eigenvalue weighted by atomic mass is 32.2. The highest BCUT2D eigenvalue weighted by molar-refractivity contribution is 7.89. The zero-order valence-corrected chi connectivity index (χ0v) is 14.3. The van der Waals surface area contributed by atoms with Crippen LogP contribution in [0.4, 0.5) is 0 Å². The summed E-state index contributed by atoms with van der Waals surface area (Å²) in [7, 11) is -3.43. The van der Waals surface area contributed by atoms with Crippen LogP contribution in [0.2, 0.25) is 0 Å². The molecule has 2 N–H and O–H groups in total. The molecule has 5 heteroatoms. The molecule has 2 atom stereocenters. The second-order valence-corrected chi connectivity index (χ2v) is 7.13. The van der Waals surface area contributed by atoms with Gasteiger partial charge in [0.25, 0.3) is 0 Å². The molecule has 0 saturated carbocycles. The Bertz CT molecular complexity index is 529. The van der Waals surface area contributed by atoms with Crippen LogP contribution in [0.1, 0.15) is 58.6 Å². The van der Waals surface area contributed by atoms with Gasteiger partial charge in [-0.25, -0.2) is 13.1 Å². The maximum absolute atomic E-state index is 12.3. The van der Waals surface area contributed by atoms with Crippen molar-refractivity contribution < 1.29 is 8.42 Å². The molecular weight excluding hydrogens is 284 g/mol. The first-order valence-electron chi connectivity index (χ1n) is 7.80. The van der Waals surface area contributed by atoms with Gasteiger partial charge in [-0.2, -0.15) is 0 Å². The summed E-state index contributed by atoms with van der Waals surface area (Å²) < 4.78 is 27.4. The van der Waals surface area contributed by atoms with E-state index in [-0.39, 0.29) is 12.1 Å². The van der Waals surface area contributed by atoms with Gasteiger partial charge in [-0.1, -0.05) is 32.9 Å². The summed E-state index contributed by atoms with van der Waals surface area (Å²) in [5.41, 5.74) is 1.03. The van der Waals surface area contributed by atoms with Crippen LogP contribution in [-0.4, -0.2) is 21.0 Å². The molecule has 0 saturated heterocycles. The summed E-state index contributed by atoms with van der Waals surface area (Å²) in [6.07, 6.45) is 2.76. The second-order valence-electron chi connectivity index (χ2n) is 5.42. The minimum atomic E-state index is -3.43. The first kappa shape index (κ1) is 18.1. The van der Waals surface area contributed by atoms with Gasteiger partial charge in [0.05, 0.1) is 4.90 Å². The van der Waals surface area contributed by atoms with Crippen LogP contribution in [0.15, 0.2) is 29.2 Å². The molecule has 0 aromatic heterocycles. The Kier molecular flexibility index (Phi) is 7.35. The van der Waals surface area contributed by atoms with Crippen LogP contribution >= 0.6 is 0 Å². The van der Waals surface area contributed by atoms with E-state index >= 15 is 0 Å². The molecule has 0 fully saturated rings. The van der Waals surface area contributed by atoms with E-state index in [1.807, 2.05) is 26.0 Å². The van der Waals surface area contributed by atoms with Crippen molar-refractivity contribution in [2.45, 2.75) is 63.9 Å². The molecule has 1 aromatic carbocycles. The fourth-order valence-corrected chi connectivity index (χ4v) is 3.51. The van der Waals surface area contributed by atoms with Crippen molar-refractivity contribution in [3.63, 3.8) is 0 Å². The van der Waals surface area contributed by atoms with Crippen molar-refractivity contribution in [1.29, 1.82) is 0 Å². The van der Waals surface area contributed by atoms with Gasteiger partial charge < -0.3 is 5.32 Å². The summed E-state index contributed by atoms with van der Waals surface area (Å²) in [6.45, 7) is 8.99. The van der Waals surface area contributed by atoms with E-state index < -0.39 is 10.0 Å². The lowest BCUT2D eigenvalue weighted by Crippen LogP contribution is -2.32. The van der Waals surface area contributed by atoms with Crippen LogP contribution in [-0.2, 0) is 10.0 Å². The number of rotatable bonds is 9. The number of hydrogen-bond donors (Lipinski definition) is 2. The van der Waals surface area contributed by atoms with Crippen LogP contribution in [0, 0.1) is 0 Å². The third-order valence-corrected chi connectivity index (χ3v) is 5.18. The van der Waals surface area contributed by atoms with Crippen molar-refractivity contribution in [1.82, 2.24) is 10.0 Å². The van der Waals surface area contributed by atoms with E-state index in [9.17, 15) is 8.42 Å². The zero-order chi connectivity index (χ0) is 15.9. The molecular formula is C16H28N2O2S. The minimum Gasteiger partial charge on any atom is -0.310 e. The molecule has 0 aliphatic heterocycles. The molecule has 120 valence electrons. The Labute approximate surface area is 129 Å². The lowest BCUT2D eigenvalue weighted by Gasteiger charge is -2.18. The van der Waals surface area contributed by atoms with Crippen LogP contribution < -0.4 is 10.0 Å². The van der Waals surface area contributed by atoms with Gasteiger partial charge in [-0.15, -0.1) is 0 Å². The monoisotopic (exact) mass is 312 g/mol. The maximum Gasteiger partial charge on any atom is 0.240 e. The summed E-state index contributed by atoms with van der Waals surface area (Å²) >= 11 is 0. The van der Waals surface area contributed by atoms with E-state index in [2.05, 4.69) is 23.9 Å². The highest BCUT2D eigenvalue weighted by Gasteiger charge is 2.18. The minimum absolute atomic E-state index is 0.0566. The first-order valence-corrected chi connectivity index (χ1v) is 9.28. The lowest BCUT2D eigenvalue weighted by atomic mass is 10.0. The third kappa shape index (κ3) is 5.41. The Hall–Kier alpha value is -0.910. The first-order chi connectivity index (χ1) is 9.94. The molecule has 1 rings (SSSR count). The number of nitrogens with one attached hydrogen (secondary N) is 2. The van der Waals surface area contributed by atoms with Gasteiger partial charge in [-0.05, 0) is 50.4 Å². The molecule has 0 aliphatic rings. The Balaban J connectivity index is 2.98. The van der Waals surface area contributed by atoms with Crippen LogP contribution in [0.3, 0.4) is 0 Å². The SMILES string of the molecule is CCCNC(CC)c1cccc(S(=O)(=O)NC(C)CC)c1. The van der Waals surface area contributed by atoms with Gasteiger partial charge in [0, 0.05) is 12.1 Å². The van der Waals surface area contributed by atoms with E-state index in [4.69, 9.17) is 0 Å². The summed E-state index contributed by atoms with van der Waals surface area (Å²) in [4.78, 5) is 0.344. The van der Waals surface area contributed by atoms with E-state index in [1.54, 1.807) is 12.1 Å². The van der Waals surface area contributed by atoms with Gasteiger partial charge in [0.1, 0.15) is 0 Å². The average Bonchev–Trinajstić information content (AvgIpc) is 2.48. The number of benzene rings is 1.